The molecule has 3 unspecified atom stereocenters. The fourth-order valence-corrected chi connectivity index (χ4v) is 4.13. The predicted octanol–water partition coefficient (Wildman–Crippen LogP) is 3.28. The summed E-state index contributed by atoms with van der Waals surface area (Å²) in [5.74, 6) is 0.875. The second-order valence-electron chi connectivity index (χ2n) is 6.93. The van der Waals surface area contributed by atoms with Crippen molar-refractivity contribution < 1.29 is 4.79 Å². The largest absolute Gasteiger partial charge is 0.338 e. The molecule has 0 spiro atoms. The molecule has 0 bridgehead atoms. The van der Waals surface area contributed by atoms with Crippen molar-refractivity contribution in [3.63, 3.8) is 0 Å². The molecule has 1 amide bonds. The first-order chi connectivity index (χ1) is 11.3. The van der Waals surface area contributed by atoms with Crippen LogP contribution in [0, 0.1) is 5.92 Å². The summed E-state index contributed by atoms with van der Waals surface area (Å²) in [5, 5.41) is 2.56. The Balaban J connectivity index is 1.56. The molecule has 2 fully saturated rings. The molecule has 23 heavy (non-hydrogen) atoms. The van der Waals surface area contributed by atoms with E-state index in [1.54, 1.807) is 0 Å². The van der Waals surface area contributed by atoms with Crippen LogP contribution in [0.5, 0.6) is 0 Å². The van der Waals surface area contributed by atoms with Gasteiger partial charge in [0, 0.05) is 25.0 Å². The van der Waals surface area contributed by atoms with E-state index >= 15 is 0 Å². The topological polar surface area (TPSA) is 46.3 Å². The lowest BCUT2D eigenvalue weighted by atomic mass is 9.98. The lowest BCUT2D eigenvalue weighted by Crippen LogP contribution is -2.48. The minimum Gasteiger partial charge on any atom is -0.338 e. The van der Waals surface area contributed by atoms with Gasteiger partial charge in [0.1, 0.15) is 0 Å². The van der Waals surface area contributed by atoms with Crippen LogP contribution in [0.2, 0.25) is 0 Å². The summed E-state index contributed by atoms with van der Waals surface area (Å²) in [7, 11) is 0. The molecule has 3 nitrogen and oxygen atoms in total. The molecule has 2 aliphatic rings. The van der Waals surface area contributed by atoms with Crippen LogP contribution in [-0.4, -0.2) is 29.9 Å². The molecule has 1 saturated heterocycles. The fraction of sp³-hybridized carbons (Fsp3) is 0.450. The summed E-state index contributed by atoms with van der Waals surface area (Å²) < 4.78 is 0. The van der Waals surface area contributed by atoms with Crippen LogP contribution in [0.25, 0.3) is 10.8 Å². The normalized spacial score (nSPS) is 27.2. The van der Waals surface area contributed by atoms with Crippen LogP contribution in [0.1, 0.15) is 37.2 Å². The van der Waals surface area contributed by atoms with E-state index in [9.17, 15) is 4.79 Å². The molecule has 0 aromatic heterocycles. The molecular weight excluding hydrogens is 284 g/mol. The van der Waals surface area contributed by atoms with Gasteiger partial charge in [-0.2, -0.15) is 0 Å². The number of benzene rings is 2. The Labute approximate surface area is 137 Å². The molecule has 1 saturated carbocycles. The van der Waals surface area contributed by atoms with Crippen molar-refractivity contribution in [2.24, 2.45) is 11.7 Å². The van der Waals surface area contributed by atoms with E-state index in [-0.39, 0.29) is 12.0 Å². The van der Waals surface area contributed by atoms with Gasteiger partial charge in [0.15, 0.2) is 0 Å². The summed E-state index contributed by atoms with van der Waals surface area (Å²) in [6, 6.07) is 15.2. The number of piperidine rings is 1. The molecule has 2 aromatic carbocycles. The maximum atomic E-state index is 12.9. The number of nitrogens with two attached hydrogens (primary N) is 1. The van der Waals surface area contributed by atoms with Gasteiger partial charge in [0.05, 0.1) is 0 Å². The van der Waals surface area contributed by atoms with Gasteiger partial charge in [-0.15, -0.1) is 0 Å². The summed E-state index contributed by atoms with van der Waals surface area (Å²) in [6.07, 6.45) is 4.37. The van der Waals surface area contributed by atoms with E-state index in [0.717, 1.165) is 25.8 Å². The zero-order valence-electron chi connectivity index (χ0n) is 13.4. The Hall–Kier alpha value is -1.87. The van der Waals surface area contributed by atoms with Crippen LogP contribution < -0.4 is 5.73 Å². The SMILES string of the molecule is NCC1CCCCN1C(=O)C1CC1c1cccc2ccccc12. The third-order valence-corrected chi connectivity index (χ3v) is 5.51. The number of hydrogen-bond donors (Lipinski definition) is 1. The predicted molar refractivity (Wildman–Crippen MR) is 93.2 cm³/mol. The van der Waals surface area contributed by atoms with E-state index in [4.69, 9.17) is 5.73 Å². The van der Waals surface area contributed by atoms with E-state index in [1.807, 2.05) is 0 Å². The second kappa shape index (κ2) is 5.97. The maximum absolute atomic E-state index is 12.9. The minimum atomic E-state index is 0.160. The Morgan fingerprint density at radius 2 is 1.96 bits per heavy atom. The summed E-state index contributed by atoms with van der Waals surface area (Å²) in [6.45, 7) is 1.48. The first kappa shape index (κ1) is 14.7. The zero-order chi connectivity index (χ0) is 15.8. The number of likely N-dealkylation sites (tertiary alicyclic amines) is 1. The minimum absolute atomic E-state index is 0.160. The van der Waals surface area contributed by atoms with Gasteiger partial charge in [-0.05, 0) is 47.9 Å². The molecular formula is C20H24N2O. The van der Waals surface area contributed by atoms with Crippen molar-refractivity contribution >= 4 is 16.7 Å². The summed E-state index contributed by atoms with van der Waals surface area (Å²) in [4.78, 5) is 15.0. The number of carbonyl (C=O) groups is 1. The summed E-state index contributed by atoms with van der Waals surface area (Å²) in [5.41, 5.74) is 7.21. The lowest BCUT2D eigenvalue weighted by Gasteiger charge is -2.35. The average molecular weight is 308 g/mol. The highest BCUT2D eigenvalue weighted by Crippen LogP contribution is 2.50. The van der Waals surface area contributed by atoms with E-state index < -0.39 is 0 Å². The Bertz CT molecular complexity index is 721. The first-order valence-electron chi connectivity index (χ1n) is 8.78. The van der Waals surface area contributed by atoms with Gasteiger partial charge in [0.25, 0.3) is 0 Å². The van der Waals surface area contributed by atoms with Gasteiger partial charge in [-0.3, -0.25) is 4.79 Å². The van der Waals surface area contributed by atoms with Crippen molar-refractivity contribution in [3.8, 4) is 0 Å². The monoisotopic (exact) mass is 308 g/mol. The first-order valence-corrected chi connectivity index (χ1v) is 8.78. The fourth-order valence-electron chi connectivity index (χ4n) is 4.13. The number of rotatable bonds is 3. The van der Waals surface area contributed by atoms with Crippen LogP contribution in [0.15, 0.2) is 42.5 Å². The average Bonchev–Trinajstić information content (AvgIpc) is 3.41. The van der Waals surface area contributed by atoms with Crippen LogP contribution in [0.3, 0.4) is 0 Å². The highest BCUT2D eigenvalue weighted by atomic mass is 16.2. The number of carbonyl (C=O) groups excluding carboxylic acids is 1. The molecule has 2 aromatic rings. The molecule has 120 valence electrons. The van der Waals surface area contributed by atoms with E-state index in [0.29, 0.717) is 18.4 Å². The van der Waals surface area contributed by atoms with E-state index in [1.165, 1.54) is 22.8 Å². The Morgan fingerprint density at radius 3 is 2.83 bits per heavy atom. The molecule has 1 aliphatic carbocycles. The Kier molecular flexibility index (Phi) is 3.82. The molecule has 3 atom stereocenters. The molecule has 3 heteroatoms. The van der Waals surface area contributed by atoms with Gasteiger partial charge in [0.2, 0.25) is 5.91 Å². The van der Waals surface area contributed by atoms with Gasteiger partial charge >= 0.3 is 0 Å². The molecule has 1 aliphatic heterocycles. The van der Waals surface area contributed by atoms with Gasteiger partial charge in [-0.1, -0.05) is 42.5 Å². The van der Waals surface area contributed by atoms with Crippen LogP contribution in [-0.2, 0) is 4.79 Å². The lowest BCUT2D eigenvalue weighted by molar-refractivity contribution is -0.136. The van der Waals surface area contributed by atoms with Crippen molar-refractivity contribution in [2.45, 2.75) is 37.6 Å². The smallest absolute Gasteiger partial charge is 0.226 e. The van der Waals surface area contributed by atoms with Crippen LogP contribution in [0.4, 0.5) is 0 Å². The number of amides is 1. The quantitative estimate of drug-likeness (QED) is 0.946. The second-order valence-corrected chi connectivity index (χ2v) is 6.93. The maximum Gasteiger partial charge on any atom is 0.226 e. The Morgan fingerprint density at radius 1 is 1.13 bits per heavy atom. The third kappa shape index (κ3) is 2.63. The molecule has 2 N–H and O–H groups in total. The highest BCUT2D eigenvalue weighted by Gasteiger charge is 2.47. The zero-order valence-corrected chi connectivity index (χ0v) is 13.4. The standard InChI is InChI=1S/C20H24N2O/c21-13-15-8-3-4-11-22(15)20(23)19-12-18(19)17-10-5-7-14-6-1-2-9-16(14)17/h1-2,5-7,9-10,15,18-19H,3-4,8,11-13,21H2. The van der Waals surface area contributed by atoms with E-state index in [2.05, 4.69) is 47.4 Å². The van der Waals surface area contributed by atoms with Gasteiger partial charge in [-0.25, -0.2) is 0 Å². The van der Waals surface area contributed by atoms with Crippen molar-refractivity contribution in [2.75, 3.05) is 13.1 Å². The number of hydrogen-bond acceptors (Lipinski definition) is 2. The molecule has 0 radical (unpaired) electrons. The van der Waals surface area contributed by atoms with Gasteiger partial charge < -0.3 is 10.6 Å². The third-order valence-electron chi connectivity index (χ3n) is 5.51. The number of nitrogens with zero attached hydrogens (tertiary/aromatic N) is 1. The van der Waals surface area contributed by atoms with Crippen molar-refractivity contribution in [3.05, 3.63) is 48.0 Å². The molecule has 4 rings (SSSR count). The van der Waals surface area contributed by atoms with Crippen molar-refractivity contribution in [1.29, 1.82) is 0 Å². The molecule has 1 heterocycles. The highest BCUT2D eigenvalue weighted by molar-refractivity contribution is 5.89. The summed E-state index contributed by atoms with van der Waals surface area (Å²) >= 11 is 0. The van der Waals surface area contributed by atoms with Crippen molar-refractivity contribution in [1.82, 2.24) is 4.90 Å². The number of fused-ring (bicyclic) bond motifs is 1. The van der Waals surface area contributed by atoms with Crippen LogP contribution >= 0.6 is 0 Å².